The summed E-state index contributed by atoms with van der Waals surface area (Å²) in [5.41, 5.74) is 6.65. The van der Waals surface area contributed by atoms with E-state index >= 15 is 0 Å². The molecule has 16 heavy (non-hydrogen) atoms. The summed E-state index contributed by atoms with van der Waals surface area (Å²) in [6.07, 6.45) is 5.49. The van der Waals surface area contributed by atoms with Crippen molar-refractivity contribution in [1.82, 2.24) is 0 Å². The molecule has 0 aromatic heterocycles. The van der Waals surface area contributed by atoms with E-state index in [1.165, 1.54) is 25.7 Å². The molecule has 0 radical (unpaired) electrons. The average Bonchev–Trinajstić information content (AvgIpc) is 2.30. The van der Waals surface area contributed by atoms with Gasteiger partial charge in [-0.2, -0.15) is 0 Å². The molecule has 1 atom stereocenters. The van der Waals surface area contributed by atoms with Crippen LogP contribution in [0.25, 0.3) is 0 Å². The number of hydrogen-bond donors (Lipinski definition) is 0. The first-order valence-corrected chi connectivity index (χ1v) is 5.99. The van der Waals surface area contributed by atoms with Crippen molar-refractivity contribution in [2.45, 2.75) is 50.2 Å². The van der Waals surface area contributed by atoms with Crippen molar-refractivity contribution in [1.29, 1.82) is 0 Å². The zero-order valence-electron chi connectivity index (χ0n) is 10.1. The molecule has 1 unspecified atom stereocenters. The summed E-state index contributed by atoms with van der Waals surface area (Å²) >= 11 is 2.39. The molecular weight excluding hydrogens is 298 g/mol. The van der Waals surface area contributed by atoms with Gasteiger partial charge in [0.1, 0.15) is 0 Å². The van der Waals surface area contributed by atoms with Crippen molar-refractivity contribution < 1.29 is 20.4 Å². The minimum atomic E-state index is 0. The van der Waals surface area contributed by atoms with Gasteiger partial charge in [0, 0.05) is 0 Å². The Kier molecular flexibility index (Phi) is 8.31. The smallest absolute Gasteiger partial charge is 0.147 e. The van der Waals surface area contributed by atoms with E-state index in [0.29, 0.717) is 3.72 Å². The molecule has 0 saturated heterocycles. The van der Waals surface area contributed by atoms with Gasteiger partial charge in [0.05, 0.1) is 0 Å². The van der Waals surface area contributed by atoms with Crippen LogP contribution in [0.3, 0.4) is 0 Å². The Morgan fingerprint density at radius 1 is 1.00 bits per heavy atom. The van der Waals surface area contributed by atoms with E-state index in [1.807, 2.05) is 0 Å². The Balaban J connectivity index is 0. The fourth-order valence-corrected chi connectivity index (χ4v) is 3.42. The Morgan fingerprint density at radius 3 is 2.00 bits per heavy atom. The Labute approximate surface area is 129 Å². The summed E-state index contributed by atoms with van der Waals surface area (Å²) in [4.78, 5) is 0. The van der Waals surface area contributed by atoms with E-state index in [0.717, 1.165) is 0 Å². The minimum Gasteiger partial charge on any atom is -0.147 e. The van der Waals surface area contributed by atoms with Crippen LogP contribution in [0.4, 0.5) is 0 Å². The van der Waals surface area contributed by atoms with Crippen LogP contribution < -0.4 is 0 Å². The maximum atomic E-state index is 2.39. The SMILES string of the molecule is CC1=C(C)[C](C)([Ti])C2=C1CCCC2.Cl.Cl.Cl. The maximum Gasteiger partial charge on any atom is -0.147 e. The van der Waals surface area contributed by atoms with Gasteiger partial charge in [0.25, 0.3) is 0 Å². The summed E-state index contributed by atoms with van der Waals surface area (Å²) in [7, 11) is 0. The second-order valence-corrected chi connectivity index (χ2v) is 6.10. The van der Waals surface area contributed by atoms with Crippen LogP contribution in [0.5, 0.6) is 0 Å². The molecule has 2 aliphatic carbocycles. The van der Waals surface area contributed by atoms with Crippen molar-refractivity contribution in [3.63, 3.8) is 0 Å². The number of allylic oxidation sites excluding steroid dienone is 4. The molecule has 0 heterocycles. The van der Waals surface area contributed by atoms with Crippen LogP contribution in [0, 0.1) is 0 Å². The molecule has 0 bridgehead atoms. The second kappa shape index (κ2) is 6.85. The van der Waals surface area contributed by atoms with E-state index in [4.69, 9.17) is 0 Å². The van der Waals surface area contributed by atoms with Crippen LogP contribution in [0.1, 0.15) is 46.5 Å². The standard InChI is InChI=1S/C12H17.3ClH.Ti/c1-8-9(2)11-6-4-5-7-12(11)10(8)3;;;;/h4-7H2,1-3H3;3*1H;. The summed E-state index contributed by atoms with van der Waals surface area (Å²) in [6.45, 7) is 7.01. The van der Waals surface area contributed by atoms with Crippen LogP contribution in [-0.4, -0.2) is 0 Å². The maximum absolute atomic E-state index is 2.39. The molecule has 0 spiro atoms. The molecule has 0 fully saturated rings. The summed E-state index contributed by atoms with van der Waals surface area (Å²) in [5, 5.41) is 0. The molecule has 2 aliphatic rings. The fraction of sp³-hybridized carbons (Fsp3) is 0.667. The van der Waals surface area contributed by atoms with Gasteiger partial charge in [-0.05, 0) is 0 Å². The minimum absolute atomic E-state index is 0. The van der Waals surface area contributed by atoms with E-state index in [-0.39, 0.29) is 37.2 Å². The predicted molar refractivity (Wildman–Crippen MR) is 74.0 cm³/mol. The third kappa shape index (κ3) is 2.90. The monoisotopic (exact) mass is 317 g/mol. The largest absolute Gasteiger partial charge is 0.147 e. The van der Waals surface area contributed by atoms with E-state index in [2.05, 4.69) is 41.2 Å². The molecule has 93 valence electrons. The third-order valence-electron chi connectivity index (χ3n) is 3.84. The summed E-state index contributed by atoms with van der Waals surface area (Å²) in [5.74, 6) is 0. The van der Waals surface area contributed by atoms with Gasteiger partial charge in [-0.25, -0.2) is 0 Å². The van der Waals surface area contributed by atoms with Gasteiger partial charge < -0.3 is 0 Å². The van der Waals surface area contributed by atoms with E-state index < -0.39 is 0 Å². The van der Waals surface area contributed by atoms with Crippen LogP contribution >= 0.6 is 37.2 Å². The second-order valence-electron chi connectivity index (χ2n) is 4.54. The first-order chi connectivity index (χ1) is 6.05. The molecule has 2 rings (SSSR count). The number of halogens is 3. The molecule has 0 saturated carbocycles. The summed E-state index contributed by atoms with van der Waals surface area (Å²) < 4.78 is 0.375. The van der Waals surface area contributed by atoms with E-state index in [1.54, 1.807) is 22.3 Å². The first kappa shape index (κ1) is 19.4. The Bertz CT molecular complexity index is 316. The van der Waals surface area contributed by atoms with Gasteiger partial charge in [-0.15, -0.1) is 37.2 Å². The molecule has 0 amide bonds. The summed E-state index contributed by atoms with van der Waals surface area (Å²) in [6, 6.07) is 0. The zero-order chi connectivity index (χ0) is 9.64. The van der Waals surface area contributed by atoms with Gasteiger partial charge in [-0.1, -0.05) is 0 Å². The topological polar surface area (TPSA) is 0 Å². The van der Waals surface area contributed by atoms with Crippen molar-refractivity contribution in [3.05, 3.63) is 22.3 Å². The normalized spacial score (nSPS) is 27.6. The molecule has 0 nitrogen and oxygen atoms in total. The number of hydrogen-bond acceptors (Lipinski definition) is 0. The van der Waals surface area contributed by atoms with Crippen LogP contribution in [0.2, 0.25) is 3.72 Å². The Morgan fingerprint density at radius 2 is 1.50 bits per heavy atom. The predicted octanol–water partition coefficient (Wildman–Crippen LogP) is 5.20. The van der Waals surface area contributed by atoms with E-state index in [9.17, 15) is 0 Å². The quantitative estimate of drug-likeness (QED) is 0.539. The molecule has 0 aromatic rings. The Hall–Kier alpha value is 1.06. The number of rotatable bonds is 0. The van der Waals surface area contributed by atoms with Crippen molar-refractivity contribution >= 4 is 37.2 Å². The molecular formula is C12H20Cl3Ti. The van der Waals surface area contributed by atoms with Gasteiger partial charge >= 0.3 is 92.9 Å². The first-order valence-electron chi connectivity index (χ1n) is 5.21. The van der Waals surface area contributed by atoms with Crippen molar-refractivity contribution in [2.24, 2.45) is 0 Å². The van der Waals surface area contributed by atoms with Crippen molar-refractivity contribution in [3.8, 4) is 0 Å². The third-order valence-corrected chi connectivity index (χ3v) is 4.89. The average molecular weight is 319 g/mol. The van der Waals surface area contributed by atoms with Gasteiger partial charge in [-0.3, -0.25) is 0 Å². The molecule has 0 aliphatic heterocycles. The molecule has 0 aromatic carbocycles. The van der Waals surface area contributed by atoms with Gasteiger partial charge in [0.15, 0.2) is 0 Å². The van der Waals surface area contributed by atoms with Gasteiger partial charge in [0.2, 0.25) is 0 Å². The zero-order valence-corrected chi connectivity index (χ0v) is 14.1. The van der Waals surface area contributed by atoms with Crippen LogP contribution in [0.15, 0.2) is 22.3 Å². The molecule has 4 heteroatoms. The van der Waals surface area contributed by atoms with Crippen LogP contribution in [-0.2, 0) is 20.4 Å². The molecule has 0 N–H and O–H groups in total. The van der Waals surface area contributed by atoms with Crippen molar-refractivity contribution in [2.75, 3.05) is 0 Å². The fourth-order valence-electron chi connectivity index (χ4n) is 2.70.